The Bertz CT molecular complexity index is 710. The molecule has 0 aromatic heterocycles. The van der Waals surface area contributed by atoms with E-state index < -0.39 is 0 Å². The molecule has 2 aromatic rings. The number of hydrogen-bond donors (Lipinski definition) is 0. The van der Waals surface area contributed by atoms with Crippen molar-refractivity contribution >= 4 is 11.9 Å². The van der Waals surface area contributed by atoms with Crippen LogP contribution in [0.1, 0.15) is 60.7 Å². The van der Waals surface area contributed by atoms with Crippen molar-refractivity contribution in [2.45, 2.75) is 52.2 Å². The van der Waals surface area contributed by atoms with Gasteiger partial charge in [-0.1, -0.05) is 57.2 Å². The van der Waals surface area contributed by atoms with E-state index >= 15 is 0 Å². The van der Waals surface area contributed by atoms with Gasteiger partial charge in [-0.3, -0.25) is 0 Å². The number of benzene rings is 2. The Labute approximate surface area is 161 Å². The van der Waals surface area contributed by atoms with Crippen molar-refractivity contribution in [2.24, 2.45) is 5.92 Å². The van der Waals surface area contributed by atoms with Crippen LogP contribution in [0.3, 0.4) is 0 Å². The van der Waals surface area contributed by atoms with Crippen LogP contribution >= 0.6 is 0 Å². The maximum atomic E-state index is 12.4. The molecule has 0 aliphatic heterocycles. The number of carbonyl (C=O) groups excluding carboxylic acids is 2. The van der Waals surface area contributed by atoms with Crippen molar-refractivity contribution in [1.82, 2.24) is 0 Å². The predicted molar refractivity (Wildman–Crippen MR) is 106 cm³/mol. The van der Waals surface area contributed by atoms with Crippen LogP contribution in [0, 0.1) is 5.92 Å². The van der Waals surface area contributed by atoms with E-state index in [0.29, 0.717) is 29.9 Å². The third-order valence-corrected chi connectivity index (χ3v) is 4.28. The first kappa shape index (κ1) is 20.7. The second-order valence-corrected chi connectivity index (χ2v) is 7.06. The summed E-state index contributed by atoms with van der Waals surface area (Å²) in [6.07, 6.45) is 1.27. The molecule has 2 unspecified atom stereocenters. The van der Waals surface area contributed by atoms with Gasteiger partial charge >= 0.3 is 11.9 Å². The minimum Gasteiger partial charge on any atom is -0.459 e. The lowest BCUT2D eigenvalue weighted by atomic mass is 9.99. The van der Waals surface area contributed by atoms with Crippen molar-refractivity contribution in [2.75, 3.05) is 0 Å². The highest BCUT2D eigenvalue weighted by molar-refractivity contribution is 5.90. The molecule has 0 saturated heterocycles. The molecule has 0 saturated carbocycles. The molecule has 0 bridgehead atoms. The van der Waals surface area contributed by atoms with Gasteiger partial charge in [0.1, 0.15) is 12.2 Å². The average Bonchev–Trinajstić information content (AvgIpc) is 2.68. The number of hydrogen-bond acceptors (Lipinski definition) is 4. The monoisotopic (exact) mass is 368 g/mol. The molecule has 2 atom stereocenters. The van der Waals surface area contributed by atoms with Crippen molar-refractivity contribution in [1.29, 1.82) is 0 Å². The van der Waals surface area contributed by atoms with Gasteiger partial charge < -0.3 is 9.47 Å². The highest BCUT2D eigenvalue weighted by atomic mass is 16.6. The summed E-state index contributed by atoms with van der Waals surface area (Å²) in [5.74, 6) is -0.327. The van der Waals surface area contributed by atoms with E-state index in [4.69, 9.17) is 9.47 Å². The molecule has 2 rings (SSSR count). The summed E-state index contributed by atoms with van der Waals surface area (Å²) in [6, 6.07) is 17.9. The number of ether oxygens (including phenoxy) is 2. The lowest BCUT2D eigenvalue weighted by Gasteiger charge is -2.24. The Hall–Kier alpha value is -2.62. The smallest absolute Gasteiger partial charge is 0.338 e. The van der Waals surface area contributed by atoms with E-state index in [-0.39, 0.29) is 24.1 Å². The molecule has 4 nitrogen and oxygen atoms in total. The zero-order chi connectivity index (χ0) is 19.6. The van der Waals surface area contributed by atoms with Crippen molar-refractivity contribution in [3.05, 3.63) is 71.8 Å². The third kappa shape index (κ3) is 6.89. The normalized spacial score (nSPS) is 13.0. The second kappa shape index (κ2) is 10.5. The van der Waals surface area contributed by atoms with Crippen LogP contribution in [-0.4, -0.2) is 24.1 Å². The SMILES string of the molecule is CCC(CC(CC(C)C)OC(=O)c1ccccc1)OC(=O)c1ccccc1. The third-order valence-electron chi connectivity index (χ3n) is 4.28. The molecule has 4 heteroatoms. The maximum absolute atomic E-state index is 12.4. The van der Waals surface area contributed by atoms with Gasteiger partial charge in [-0.25, -0.2) is 9.59 Å². The van der Waals surface area contributed by atoms with E-state index in [1.165, 1.54) is 0 Å². The van der Waals surface area contributed by atoms with Crippen LogP contribution < -0.4 is 0 Å². The summed E-state index contributed by atoms with van der Waals surface area (Å²) in [5.41, 5.74) is 1.05. The van der Waals surface area contributed by atoms with Crippen LogP contribution in [0.2, 0.25) is 0 Å². The summed E-state index contributed by atoms with van der Waals surface area (Å²) in [4.78, 5) is 24.8. The summed E-state index contributed by atoms with van der Waals surface area (Å²) < 4.78 is 11.4. The Kier molecular flexibility index (Phi) is 8.05. The molecule has 0 aliphatic carbocycles. The maximum Gasteiger partial charge on any atom is 0.338 e. The highest BCUT2D eigenvalue weighted by Crippen LogP contribution is 2.20. The fraction of sp³-hybridized carbons (Fsp3) is 0.391. The van der Waals surface area contributed by atoms with Gasteiger partial charge in [-0.05, 0) is 43.0 Å². The van der Waals surface area contributed by atoms with Gasteiger partial charge in [0.2, 0.25) is 0 Å². The molecule has 144 valence electrons. The predicted octanol–water partition coefficient (Wildman–Crippen LogP) is 5.28. The first-order chi connectivity index (χ1) is 13.0. The van der Waals surface area contributed by atoms with Crippen LogP contribution in [0.25, 0.3) is 0 Å². The number of esters is 2. The summed E-state index contributed by atoms with van der Waals surface area (Å²) in [7, 11) is 0. The van der Waals surface area contributed by atoms with Gasteiger partial charge in [-0.15, -0.1) is 0 Å². The molecule has 0 spiro atoms. The molecular weight excluding hydrogens is 340 g/mol. The largest absolute Gasteiger partial charge is 0.459 e. The zero-order valence-electron chi connectivity index (χ0n) is 16.3. The topological polar surface area (TPSA) is 52.6 Å². The minimum absolute atomic E-state index is 0.300. The summed E-state index contributed by atoms with van der Waals surface area (Å²) >= 11 is 0. The summed E-state index contributed by atoms with van der Waals surface area (Å²) in [5, 5.41) is 0. The average molecular weight is 368 g/mol. The number of rotatable bonds is 9. The van der Waals surface area contributed by atoms with Crippen LogP contribution in [0.15, 0.2) is 60.7 Å². The van der Waals surface area contributed by atoms with Gasteiger partial charge in [0.05, 0.1) is 11.1 Å². The fourth-order valence-electron chi connectivity index (χ4n) is 2.90. The lowest BCUT2D eigenvalue weighted by molar-refractivity contribution is -0.00542. The Morgan fingerprint density at radius 1 is 0.741 bits per heavy atom. The number of carbonyl (C=O) groups is 2. The van der Waals surface area contributed by atoms with E-state index in [9.17, 15) is 9.59 Å². The van der Waals surface area contributed by atoms with Crippen molar-refractivity contribution in [3.63, 3.8) is 0 Å². The second-order valence-electron chi connectivity index (χ2n) is 7.06. The first-order valence-electron chi connectivity index (χ1n) is 9.51. The van der Waals surface area contributed by atoms with E-state index in [1.54, 1.807) is 36.4 Å². The molecule has 0 radical (unpaired) electrons. The molecular formula is C23H28O4. The molecule has 0 aliphatic rings. The van der Waals surface area contributed by atoms with E-state index in [2.05, 4.69) is 13.8 Å². The molecule has 0 fully saturated rings. The van der Waals surface area contributed by atoms with Crippen LogP contribution in [-0.2, 0) is 9.47 Å². The van der Waals surface area contributed by atoms with Crippen LogP contribution in [0.4, 0.5) is 0 Å². The Morgan fingerprint density at radius 3 is 1.59 bits per heavy atom. The van der Waals surface area contributed by atoms with Crippen molar-refractivity contribution in [3.8, 4) is 0 Å². The van der Waals surface area contributed by atoms with E-state index in [1.807, 2.05) is 31.2 Å². The van der Waals surface area contributed by atoms with Gasteiger partial charge in [0.15, 0.2) is 0 Å². The van der Waals surface area contributed by atoms with Crippen molar-refractivity contribution < 1.29 is 19.1 Å². The van der Waals surface area contributed by atoms with Gasteiger partial charge in [0.25, 0.3) is 0 Å². The first-order valence-corrected chi connectivity index (χ1v) is 9.51. The van der Waals surface area contributed by atoms with Gasteiger partial charge in [0, 0.05) is 6.42 Å². The molecule has 27 heavy (non-hydrogen) atoms. The summed E-state index contributed by atoms with van der Waals surface area (Å²) in [6.45, 7) is 6.13. The van der Waals surface area contributed by atoms with Gasteiger partial charge in [-0.2, -0.15) is 0 Å². The molecule has 0 amide bonds. The highest BCUT2D eigenvalue weighted by Gasteiger charge is 2.24. The molecule has 0 heterocycles. The Morgan fingerprint density at radius 2 is 1.19 bits per heavy atom. The van der Waals surface area contributed by atoms with Crippen LogP contribution in [0.5, 0.6) is 0 Å². The fourth-order valence-corrected chi connectivity index (χ4v) is 2.90. The minimum atomic E-state index is -0.347. The Balaban J connectivity index is 2.01. The lowest BCUT2D eigenvalue weighted by Crippen LogP contribution is -2.28. The molecule has 2 aromatic carbocycles. The quantitative estimate of drug-likeness (QED) is 0.565. The standard InChI is InChI=1S/C23H28O4/c1-4-20(26-22(24)18-11-7-5-8-12-18)16-21(15-17(2)3)27-23(25)19-13-9-6-10-14-19/h5-14,17,20-21H,4,15-16H2,1-3H3. The zero-order valence-corrected chi connectivity index (χ0v) is 16.3. The van der Waals surface area contributed by atoms with E-state index in [0.717, 1.165) is 6.42 Å². The molecule has 0 N–H and O–H groups in total.